The number of nitrogens with one attached hydrogen (secondary N) is 1. The van der Waals surface area contributed by atoms with Crippen LogP contribution in [0.5, 0.6) is 0 Å². The molecule has 24 heavy (non-hydrogen) atoms. The fraction of sp³-hybridized carbons (Fsp3) is 0.222. The molecule has 2 amide bonds. The van der Waals surface area contributed by atoms with Gasteiger partial charge < -0.3 is 10.2 Å². The summed E-state index contributed by atoms with van der Waals surface area (Å²) in [5.41, 5.74) is 2.80. The van der Waals surface area contributed by atoms with Crippen LogP contribution in [0.1, 0.15) is 17.5 Å². The highest BCUT2D eigenvalue weighted by atomic mass is 35.5. The number of rotatable bonds is 3. The van der Waals surface area contributed by atoms with Crippen molar-refractivity contribution in [1.82, 2.24) is 4.90 Å². The van der Waals surface area contributed by atoms with Gasteiger partial charge in [-0.1, -0.05) is 47.5 Å². The van der Waals surface area contributed by atoms with Crippen molar-refractivity contribution in [1.29, 1.82) is 0 Å². The van der Waals surface area contributed by atoms with Crippen LogP contribution in [-0.2, 0) is 22.6 Å². The van der Waals surface area contributed by atoms with Crippen LogP contribution in [0.3, 0.4) is 0 Å². The second-order valence-electron chi connectivity index (χ2n) is 5.68. The van der Waals surface area contributed by atoms with E-state index >= 15 is 0 Å². The summed E-state index contributed by atoms with van der Waals surface area (Å²) < 4.78 is 0. The van der Waals surface area contributed by atoms with Crippen molar-refractivity contribution in [3.63, 3.8) is 0 Å². The first-order valence-electron chi connectivity index (χ1n) is 7.62. The third kappa shape index (κ3) is 3.89. The predicted octanol–water partition coefficient (Wildman–Crippen LogP) is 3.91. The highest BCUT2D eigenvalue weighted by Gasteiger charge is 2.22. The van der Waals surface area contributed by atoms with Gasteiger partial charge in [-0.2, -0.15) is 0 Å². The Kier molecular flexibility index (Phi) is 5.07. The lowest BCUT2D eigenvalue weighted by atomic mass is 10.00. The number of hydrogen-bond donors (Lipinski definition) is 1. The number of anilines is 1. The van der Waals surface area contributed by atoms with Gasteiger partial charge in [-0.15, -0.1) is 0 Å². The zero-order chi connectivity index (χ0) is 17.1. The van der Waals surface area contributed by atoms with Crippen molar-refractivity contribution in [2.24, 2.45) is 0 Å². The van der Waals surface area contributed by atoms with Crippen LogP contribution in [0.25, 0.3) is 0 Å². The van der Waals surface area contributed by atoms with Crippen LogP contribution in [0.4, 0.5) is 5.69 Å². The van der Waals surface area contributed by atoms with Crippen molar-refractivity contribution in [3.8, 4) is 0 Å². The zero-order valence-corrected chi connectivity index (χ0v) is 14.4. The lowest BCUT2D eigenvalue weighted by molar-refractivity contribution is -0.135. The van der Waals surface area contributed by atoms with E-state index in [0.29, 0.717) is 28.8 Å². The Morgan fingerprint density at radius 1 is 1.08 bits per heavy atom. The molecule has 2 aromatic carbocycles. The zero-order valence-electron chi connectivity index (χ0n) is 12.9. The maximum atomic E-state index is 12.4. The number of nitrogens with zero attached hydrogens (tertiary/aromatic N) is 1. The van der Waals surface area contributed by atoms with E-state index in [-0.39, 0.29) is 12.3 Å². The van der Waals surface area contributed by atoms with Crippen LogP contribution in [0.2, 0.25) is 10.0 Å². The second kappa shape index (κ2) is 7.24. The van der Waals surface area contributed by atoms with Gasteiger partial charge in [0.25, 0.3) is 0 Å². The number of hydrogen-bond acceptors (Lipinski definition) is 2. The summed E-state index contributed by atoms with van der Waals surface area (Å²) in [6, 6.07) is 12.8. The molecule has 1 aliphatic rings. The maximum Gasteiger partial charge on any atom is 0.233 e. The van der Waals surface area contributed by atoms with Gasteiger partial charge in [0, 0.05) is 18.1 Å². The van der Waals surface area contributed by atoms with E-state index in [1.165, 1.54) is 5.56 Å². The minimum atomic E-state index is -0.400. The molecule has 0 saturated carbocycles. The molecular weight excluding hydrogens is 347 g/mol. The molecule has 2 aromatic rings. The molecule has 0 atom stereocenters. The fourth-order valence-electron chi connectivity index (χ4n) is 2.75. The van der Waals surface area contributed by atoms with Gasteiger partial charge in [0.2, 0.25) is 11.8 Å². The summed E-state index contributed by atoms with van der Waals surface area (Å²) >= 11 is 11.9. The molecular formula is C18H16Cl2N2O2. The highest BCUT2D eigenvalue weighted by molar-refractivity contribution is 6.35. The Morgan fingerprint density at radius 2 is 1.83 bits per heavy atom. The monoisotopic (exact) mass is 362 g/mol. The van der Waals surface area contributed by atoms with Crippen LogP contribution in [-0.4, -0.2) is 23.3 Å². The van der Waals surface area contributed by atoms with Crippen molar-refractivity contribution in [2.45, 2.75) is 19.4 Å². The predicted molar refractivity (Wildman–Crippen MR) is 95.3 cm³/mol. The standard InChI is InChI=1S/C18H16Cl2N2O2/c19-14-5-6-15(20)16(9-14)21-17(23)10-18(24)22-8-7-12-3-1-2-4-13(12)11-22/h1-6,9H,7-8,10-11H2,(H,21,23). The topological polar surface area (TPSA) is 49.4 Å². The first kappa shape index (κ1) is 16.8. The van der Waals surface area contributed by atoms with Gasteiger partial charge in [0.05, 0.1) is 10.7 Å². The third-order valence-corrected chi connectivity index (χ3v) is 4.56. The van der Waals surface area contributed by atoms with E-state index in [1.54, 1.807) is 23.1 Å². The molecule has 0 aromatic heterocycles. The molecule has 124 valence electrons. The molecule has 0 saturated heterocycles. The molecule has 1 N–H and O–H groups in total. The van der Waals surface area contributed by atoms with Crippen LogP contribution >= 0.6 is 23.2 Å². The molecule has 1 heterocycles. The number of amides is 2. The summed E-state index contributed by atoms with van der Waals surface area (Å²) in [4.78, 5) is 26.2. The second-order valence-corrected chi connectivity index (χ2v) is 6.53. The Morgan fingerprint density at radius 3 is 2.62 bits per heavy atom. The fourth-order valence-corrected chi connectivity index (χ4v) is 3.08. The molecule has 4 nitrogen and oxygen atoms in total. The van der Waals surface area contributed by atoms with Gasteiger partial charge in [0.1, 0.15) is 6.42 Å². The quantitative estimate of drug-likeness (QED) is 0.841. The summed E-state index contributed by atoms with van der Waals surface area (Å²) in [6.45, 7) is 1.17. The molecule has 0 radical (unpaired) electrons. The molecule has 0 spiro atoms. The Bertz CT molecular complexity index is 792. The van der Waals surface area contributed by atoms with Gasteiger partial charge >= 0.3 is 0 Å². The van der Waals surface area contributed by atoms with Crippen molar-refractivity contribution in [3.05, 3.63) is 63.6 Å². The number of fused-ring (bicyclic) bond motifs is 1. The maximum absolute atomic E-state index is 12.4. The summed E-state index contributed by atoms with van der Waals surface area (Å²) in [7, 11) is 0. The minimum absolute atomic E-state index is 0.194. The van der Waals surface area contributed by atoms with Gasteiger partial charge in [-0.25, -0.2) is 0 Å². The highest BCUT2D eigenvalue weighted by Crippen LogP contribution is 2.25. The Labute approximate surface area is 150 Å². The third-order valence-electron chi connectivity index (χ3n) is 4.00. The average molecular weight is 363 g/mol. The molecule has 0 aliphatic carbocycles. The first-order chi connectivity index (χ1) is 11.5. The van der Waals surface area contributed by atoms with Crippen molar-refractivity contribution < 1.29 is 9.59 Å². The number of carbonyl (C=O) groups excluding carboxylic acids is 2. The SMILES string of the molecule is O=C(CC(=O)N1CCc2ccccc2C1)Nc1cc(Cl)ccc1Cl. The van der Waals surface area contributed by atoms with E-state index < -0.39 is 5.91 Å². The van der Waals surface area contributed by atoms with Gasteiger partial charge in [-0.3, -0.25) is 9.59 Å². The van der Waals surface area contributed by atoms with E-state index in [0.717, 1.165) is 12.0 Å². The molecule has 0 unspecified atom stereocenters. The number of benzene rings is 2. The molecule has 0 fully saturated rings. The number of halogens is 2. The molecule has 6 heteroatoms. The molecule has 0 bridgehead atoms. The smallest absolute Gasteiger partial charge is 0.233 e. The summed E-state index contributed by atoms with van der Waals surface area (Å²) in [6.07, 6.45) is 0.592. The van der Waals surface area contributed by atoms with Crippen molar-refractivity contribution >= 4 is 40.7 Å². The normalized spacial score (nSPS) is 13.3. The van der Waals surface area contributed by atoms with Gasteiger partial charge in [0.15, 0.2) is 0 Å². The summed E-state index contributed by atoms with van der Waals surface area (Å²) in [5.74, 6) is -0.594. The summed E-state index contributed by atoms with van der Waals surface area (Å²) in [5, 5.41) is 3.49. The van der Waals surface area contributed by atoms with Crippen molar-refractivity contribution in [2.75, 3.05) is 11.9 Å². The van der Waals surface area contributed by atoms with Crippen LogP contribution < -0.4 is 5.32 Å². The molecule has 3 rings (SSSR count). The van der Waals surface area contributed by atoms with E-state index in [2.05, 4.69) is 11.4 Å². The Balaban J connectivity index is 1.61. The first-order valence-corrected chi connectivity index (χ1v) is 8.38. The number of carbonyl (C=O) groups is 2. The van der Waals surface area contributed by atoms with E-state index in [1.807, 2.05) is 18.2 Å². The minimum Gasteiger partial charge on any atom is -0.338 e. The lowest BCUT2D eigenvalue weighted by Crippen LogP contribution is -2.37. The lowest BCUT2D eigenvalue weighted by Gasteiger charge is -2.28. The van der Waals surface area contributed by atoms with Crippen LogP contribution in [0.15, 0.2) is 42.5 Å². The molecule has 1 aliphatic heterocycles. The average Bonchev–Trinajstić information content (AvgIpc) is 2.57. The Hall–Kier alpha value is -2.04. The largest absolute Gasteiger partial charge is 0.338 e. The van der Waals surface area contributed by atoms with E-state index in [4.69, 9.17) is 23.2 Å². The van der Waals surface area contributed by atoms with Gasteiger partial charge in [-0.05, 0) is 35.7 Å². The van der Waals surface area contributed by atoms with Crippen LogP contribution in [0, 0.1) is 0 Å². The van der Waals surface area contributed by atoms with E-state index in [9.17, 15) is 9.59 Å².